The second kappa shape index (κ2) is 5.45. The van der Waals surface area contributed by atoms with Crippen molar-refractivity contribution in [1.29, 1.82) is 0 Å². The van der Waals surface area contributed by atoms with Crippen LogP contribution in [0.15, 0.2) is 30.3 Å². The predicted octanol–water partition coefficient (Wildman–Crippen LogP) is 0.484. The number of morpholine rings is 1. The third-order valence-corrected chi connectivity index (χ3v) is 2.52. The Kier molecular flexibility index (Phi) is 3.72. The quantitative estimate of drug-likeness (QED) is 0.719. The van der Waals surface area contributed by atoms with Crippen LogP contribution < -0.4 is 5.32 Å². The zero-order valence-electron chi connectivity index (χ0n) is 9.39. The highest BCUT2D eigenvalue weighted by molar-refractivity contribution is 6.39. The summed E-state index contributed by atoms with van der Waals surface area (Å²) in [7, 11) is 0. The zero-order valence-corrected chi connectivity index (χ0v) is 9.39. The van der Waals surface area contributed by atoms with Crippen LogP contribution in [0.4, 0.5) is 5.69 Å². The first-order chi connectivity index (χ1) is 8.27. The summed E-state index contributed by atoms with van der Waals surface area (Å²) in [6.07, 6.45) is 0. The predicted molar refractivity (Wildman–Crippen MR) is 62.5 cm³/mol. The molecule has 2 rings (SSSR count). The van der Waals surface area contributed by atoms with E-state index in [1.54, 1.807) is 24.3 Å². The summed E-state index contributed by atoms with van der Waals surface area (Å²) < 4.78 is 5.12. The van der Waals surface area contributed by atoms with Gasteiger partial charge in [0.2, 0.25) is 0 Å². The van der Waals surface area contributed by atoms with Crippen LogP contribution in [0.2, 0.25) is 0 Å². The van der Waals surface area contributed by atoms with Gasteiger partial charge in [0.15, 0.2) is 0 Å². The highest BCUT2D eigenvalue weighted by Crippen LogP contribution is 2.06. The molecular formula is C12H14N2O3. The van der Waals surface area contributed by atoms with E-state index in [2.05, 4.69) is 5.32 Å². The average Bonchev–Trinajstić information content (AvgIpc) is 2.40. The molecule has 5 heteroatoms. The van der Waals surface area contributed by atoms with Crippen molar-refractivity contribution in [2.24, 2.45) is 0 Å². The molecule has 0 aromatic heterocycles. The molecule has 0 saturated carbocycles. The molecular weight excluding hydrogens is 220 g/mol. The van der Waals surface area contributed by atoms with Gasteiger partial charge in [-0.25, -0.2) is 0 Å². The molecule has 1 N–H and O–H groups in total. The van der Waals surface area contributed by atoms with Crippen LogP contribution in [0.3, 0.4) is 0 Å². The number of nitrogens with one attached hydrogen (secondary N) is 1. The van der Waals surface area contributed by atoms with Crippen LogP contribution in [0.25, 0.3) is 0 Å². The normalized spacial score (nSPS) is 15.4. The van der Waals surface area contributed by atoms with Gasteiger partial charge in [0.1, 0.15) is 0 Å². The highest BCUT2D eigenvalue weighted by Gasteiger charge is 2.23. The number of ether oxygens (including phenoxy) is 1. The van der Waals surface area contributed by atoms with Gasteiger partial charge in [-0.05, 0) is 12.1 Å². The van der Waals surface area contributed by atoms with E-state index in [0.29, 0.717) is 32.0 Å². The monoisotopic (exact) mass is 234 g/mol. The Labute approximate surface area is 99.4 Å². The topological polar surface area (TPSA) is 58.6 Å². The summed E-state index contributed by atoms with van der Waals surface area (Å²) >= 11 is 0. The number of hydrogen-bond donors (Lipinski definition) is 1. The molecule has 1 fully saturated rings. The molecule has 1 aromatic rings. The van der Waals surface area contributed by atoms with Crippen LogP contribution in [0.5, 0.6) is 0 Å². The van der Waals surface area contributed by atoms with Gasteiger partial charge in [0.25, 0.3) is 0 Å². The van der Waals surface area contributed by atoms with Gasteiger partial charge in [0.05, 0.1) is 13.2 Å². The number of hydrogen-bond acceptors (Lipinski definition) is 3. The number of benzene rings is 1. The first kappa shape index (κ1) is 11.6. The van der Waals surface area contributed by atoms with Crippen molar-refractivity contribution in [3.8, 4) is 0 Å². The van der Waals surface area contributed by atoms with Crippen molar-refractivity contribution in [3.63, 3.8) is 0 Å². The molecule has 17 heavy (non-hydrogen) atoms. The molecule has 1 aliphatic heterocycles. The standard InChI is InChI=1S/C12H14N2O3/c15-11(13-10-4-2-1-3-5-10)12(16)14-6-8-17-9-7-14/h1-5H,6-9H2,(H,13,15). The number of carbonyl (C=O) groups is 2. The molecule has 0 bridgehead atoms. The van der Waals surface area contributed by atoms with E-state index in [0.717, 1.165) is 0 Å². The van der Waals surface area contributed by atoms with Crippen LogP contribution >= 0.6 is 0 Å². The van der Waals surface area contributed by atoms with Crippen molar-refractivity contribution >= 4 is 17.5 Å². The number of amides is 2. The second-order valence-electron chi connectivity index (χ2n) is 3.72. The number of anilines is 1. The molecule has 2 amide bonds. The van der Waals surface area contributed by atoms with E-state index in [1.165, 1.54) is 4.90 Å². The Morgan fingerprint density at radius 2 is 1.76 bits per heavy atom. The van der Waals surface area contributed by atoms with Crippen molar-refractivity contribution in [1.82, 2.24) is 4.90 Å². The Balaban J connectivity index is 1.93. The minimum Gasteiger partial charge on any atom is -0.378 e. The molecule has 0 unspecified atom stereocenters. The summed E-state index contributed by atoms with van der Waals surface area (Å²) in [6, 6.07) is 8.93. The van der Waals surface area contributed by atoms with Crippen LogP contribution in [0.1, 0.15) is 0 Å². The molecule has 0 radical (unpaired) electrons. The molecule has 1 heterocycles. The van der Waals surface area contributed by atoms with Crippen LogP contribution in [0, 0.1) is 0 Å². The Morgan fingerprint density at radius 3 is 2.41 bits per heavy atom. The lowest BCUT2D eigenvalue weighted by Gasteiger charge is -2.26. The minimum absolute atomic E-state index is 0.473. The van der Waals surface area contributed by atoms with Crippen LogP contribution in [-0.4, -0.2) is 43.0 Å². The zero-order chi connectivity index (χ0) is 12.1. The first-order valence-corrected chi connectivity index (χ1v) is 5.50. The molecule has 0 spiro atoms. The smallest absolute Gasteiger partial charge is 0.313 e. The summed E-state index contributed by atoms with van der Waals surface area (Å²) in [5, 5.41) is 2.57. The molecule has 1 aromatic carbocycles. The number of carbonyl (C=O) groups excluding carboxylic acids is 2. The molecule has 0 aliphatic carbocycles. The molecule has 90 valence electrons. The molecule has 5 nitrogen and oxygen atoms in total. The van der Waals surface area contributed by atoms with Crippen molar-refractivity contribution in [3.05, 3.63) is 30.3 Å². The summed E-state index contributed by atoms with van der Waals surface area (Å²) in [4.78, 5) is 24.9. The fraction of sp³-hybridized carbons (Fsp3) is 0.333. The lowest BCUT2D eigenvalue weighted by Crippen LogP contribution is -2.45. The van der Waals surface area contributed by atoms with Crippen molar-refractivity contribution < 1.29 is 14.3 Å². The van der Waals surface area contributed by atoms with E-state index in [-0.39, 0.29) is 0 Å². The lowest BCUT2D eigenvalue weighted by molar-refractivity contribution is -0.145. The van der Waals surface area contributed by atoms with E-state index in [1.807, 2.05) is 6.07 Å². The van der Waals surface area contributed by atoms with E-state index in [4.69, 9.17) is 4.74 Å². The second-order valence-corrected chi connectivity index (χ2v) is 3.72. The van der Waals surface area contributed by atoms with Crippen molar-refractivity contribution in [2.75, 3.05) is 31.6 Å². The Hall–Kier alpha value is -1.88. The maximum Gasteiger partial charge on any atom is 0.313 e. The maximum atomic E-state index is 11.8. The van der Waals surface area contributed by atoms with Gasteiger partial charge in [-0.15, -0.1) is 0 Å². The summed E-state index contributed by atoms with van der Waals surface area (Å²) in [5.74, 6) is -1.10. The number of nitrogens with zero attached hydrogens (tertiary/aromatic N) is 1. The Bertz CT molecular complexity index is 399. The molecule has 0 atom stereocenters. The third-order valence-electron chi connectivity index (χ3n) is 2.52. The van der Waals surface area contributed by atoms with Crippen molar-refractivity contribution in [2.45, 2.75) is 0 Å². The number of rotatable bonds is 1. The fourth-order valence-electron chi connectivity index (χ4n) is 1.62. The van der Waals surface area contributed by atoms with E-state index >= 15 is 0 Å². The highest BCUT2D eigenvalue weighted by atomic mass is 16.5. The van der Waals surface area contributed by atoms with Gasteiger partial charge in [0, 0.05) is 18.8 Å². The average molecular weight is 234 g/mol. The number of para-hydroxylation sites is 1. The maximum absolute atomic E-state index is 11.8. The summed E-state index contributed by atoms with van der Waals surface area (Å²) in [5.41, 5.74) is 0.624. The van der Waals surface area contributed by atoms with Gasteiger partial charge in [-0.3, -0.25) is 9.59 Å². The summed E-state index contributed by atoms with van der Waals surface area (Å²) in [6.45, 7) is 1.93. The van der Waals surface area contributed by atoms with Gasteiger partial charge in [-0.2, -0.15) is 0 Å². The minimum atomic E-state index is -0.599. The molecule has 1 aliphatic rings. The first-order valence-electron chi connectivity index (χ1n) is 5.50. The van der Waals surface area contributed by atoms with Gasteiger partial charge >= 0.3 is 11.8 Å². The lowest BCUT2D eigenvalue weighted by atomic mass is 10.3. The van der Waals surface area contributed by atoms with E-state index in [9.17, 15) is 9.59 Å². The van der Waals surface area contributed by atoms with E-state index < -0.39 is 11.8 Å². The molecule has 1 saturated heterocycles. The van der Waals surface area contributed by atoms with Gasteiger partial charge < -0.3 is 15.0 Å². The Morgan fingerprint density at radius 1 is 1.12 bits per heavy atom. The SMILES string of the molecule is O=C(Nc1ccccc1)C(=O)N1CCOCC1. The van der Waals surface area contributed by atoms with Crippen LogP contribution in [-0.2, 0) is 14.3 Å². The third kappa shape index (κ3) is 3.04. The fourth-order valence-corrected chi connectivity index (χ4v) is 1.62. The largest absolute Gasteiger partial charge is 0.378 e. The van der Waals surface area contributed by atoms with Gasteiger partial charge in [-0.1, -0.05) is 18.2 Å².